The lowest BCUT2D eigenvalue weighted by molar-refractivity contribution is -0.132. The van der Waals surface area contributed by atoms with Gasteiger partial charge in [0.15, 0.2) is 0 Å². The zero-order valence-electron chi connectivity index (χ0n) is 19.9. The summed E-state index contributed by atoms with van der Waals surface area (Å²) in [5.41, 5.74) is 1.62. The van der Waals surface area contributed by atoms with E-state index in [2.05, 4.69) is 22.0 Å². The Morgan fingerprint density at radius 1 is 1.03 bits per heavy atom. The Balaban J connectivity index is 1.31. The predicted molar refractivity (Wildman–Crippen MR) is 129 cm³/mol. The first-order valence-electron chi connectivity index (χ1n) is 12.3. The van der Waals surface area contributed by atoms with Crippen LogP contribution < -0.4 is 5.32 Å². The average molecular weight is 477 g/mol. The van der Waals surface area contributed by atoms with Crippen molar-refractivity contribution in [3.63, 3.8) is 0 Å². The van der Waals surface area contributed by atoms with Gasteiger partial charge in [-0.2, -0.15) is 0 Å². The Hall–Kier alpha value is -1.97. The number of carbonyl (C=O) groups is 3. The zero-order chi connectivity index (χ0) is 23.4. The second-order valence-electron chi connectivity index (χ2n) is 9.46. The highest BCUT2D eigenvalue weighted by Gasteiger charge is 2.30. The van der Waals surface area contributed by atoms with Gasteiger partial charge >= 0.3 is 5.97 Å². The molecule has 0 radical (unpaired) electrons. The van der Waals surface area contributed by atoms with Crippen molar-refractivity contribution < 1.29 is 19.1 Å². The number of carbonyl (C=O) groups excluding carboxylic acids is 3. The second kappa shape index (κ2) is 11.0. The summed E-state index contributed by atoms with van der Waals surface area (Å²) in [6.45, 7) is 9.95. The number of nitrogens with zero attached hydrogens (tertiary/aromatic N) is 3. The van der Waals surface area contributed by atoms with E-state index < -0.39 is 0 Å². The molecule has 0 spiro atoms. The molecule has 3 heterocycles. The normalized spacial score (nSPS) is 21.6. The van der Waals surface area contributed by atoms with Gasteiger partial charge in [-0.25, -0.2) is 4.79 Å². The van der Waals surface area contributed by atoms with Crippen LogP contribution in [-0.2, 0) is 27.2 Å². The van der Waals surface area contributed by atoms with Crippen molar-refractivity contribution in [1.82, 2.24) is 14.7 Å². The van der Waals surface area contributed by atoms with E-state index in [4.69, 9.17) is 4.74 Å². The summed E-state index contributed by atoms with van der Waals surface area (Å²) in [4.78, 5) is 45.3. The van der Waals surface area contributed by atoms with E-state index in [0.29, 0.717) is 29.6 Å². The molecule has 1 atom stereocenters. The molecular weight excluding hydrogens is 440 g/mol. The van der Waals surface area contributed by atoms with E-state index in [1.165, 1.54) is 16.2 Å². The van der Waals surface area contributed by atoms with E-state index >= 15 is 0 Å². The maximum absolute atomic E-state index is 12.9. The highest BCUT2D eigenvalue weighted by atomic mass is 32.1. The Morgan fingerprint density at radius 2 is 1.70 bits per heavy atom. The first kappa shape index (κ1) is 24.2. The van der Waals surface area contributed by atoms with Crippen LogP contribution in [0.1, 0.15) is 53.9 Å². The fourth-order valence-electron chi connectivity index (χ4n) is 4.99. The van der Waals surface area contributed by atoms with Gasteiger partial charge < -0.3 is 15.0 Å². The van der Waals surface area contributed by atoms with Crippen LogP contribution >= 0.6 is 11.3 Å². The Bertz CT molecular complexity index is 872. The molecule has 8 nitrogen and oxygen atoms in total. The van der Waals surface area contributed by atoms with Gasteiger partial charge in [-0.15, -0.1) is 11.3 Å². The van der Waals surface area contributed by atoms with Crippen LogP contribution in [0, 0.1) is 5.92 Å². The number of piperazine rings is 1. The number of likely N-dealkylation sites (tertiary alicyclic amines) is 1. The monoisotopic (exact) mass is 476 g/mol. The van der Waals surface area contributed by atoms with Gasteiger partial charge in [0.1, 0.15) is 5.00 Å². The molecule has 0 bridgehead atoms. The number of rotatable bonds is 7. The third-order valence-corrected chi connectivity index (χ3v) is 8.06. The summed E-state index contributed by atoms with van der Waals surface area (Å²) in [5.74, 6) is 0.370. The molecule has 1 aromatic rings. The average Bonchev–Trinajstić information content (AvgIpc) is 3.43. The first-order valence-corrected chi connectivity index (χ1v) is 13.1. The molecule has 4 rings (SSSR count). The van der Waals surface area contributed by atoms with Crippen molar-refractivity contribution in [2.24, 2.45) is 5.92 Å². The number of nitrogens with one attached hydrogen (secondary N) is 1. The van der Waals surface area contributed by atoms with Crippen LogP contribution in [0.15, 0.2) is 0 Å². The number of anilines is 1. The molecule has 33 heavy (non-hydrogen) atoms. The summed E-state index contributed by atoms with van der Waals surface area (Å²) in [6.07, 6.45) is 5.07. The Kier molecular flexibility index (Phi) is 8.03. The minimum atomic E-state index is -0.337. The Labute approximate surface area is 200 Å². The van der Waals surface area contributed by atoms with Crippen LogP contribution in [0.2, 0.25) is 0 Å². The molecule has 1 aliphatic carbocycles. The van der Waals surface area contributed by atoms with Crippen molar-refractivity contribution in [2.75, 3.05) is 64.3 Å². The largest absolute Gasteiger partial charge is 0.462 e. The van der Waals surface area contributed by atoms with Gasteiger partial charge in [0.05, 0.1) is 25.3 Å². The van der Waals surface area contributed by atoms with Crippen LogP contribution in [0.25, 0.3) is 0 Å². The molecule has 2 saturated heterocycles. The second-order valence-corrected chi connectivity index (χ2v) is 10.6. The van der Waals surface area contributed by atoms with Gasteiger partial charge in [0.2, 0.25) is 11.8 Å². The first-order chi connectivity index (χ1) is 15.9. The lowest BCUT2D eigenvalue weighted by Gasteiger charge is -2.34. The Morgan fingerprint density at radius 3 is 2.36 bits per heavy atom. The molecule has 1 aromatic heterocycles. The number of fused-ring (bicyclic) bond motifs is 1. The quantitative estimate of drug-likeness (QED) is 0.608. The number of thiophene rings is 1. The molecule has 182 valence electrons. The SMILES string of the molecule is CCOC(=O)c1c(NC(=O)CN2CCN(CC(=O)N3CCCC3)CC2)sc2c1CCC(C)C2. The number of amides is 2. The zero-order valence-corrected chi connectivity index (χ0v) is 20.7. The fourth-order valence-corrected chi connectivity index (χ4v) is 6.41. The molecule has 2 aliphatic heterocycles. The molecular formula is C24H36N4O4S. The highest BCUT2D eigenvalue weighted by Crippen LogP contribution is 2.40. The van der Waals surface area contributed by atoms with Gasteiger partial charge in [0.25, 0.3) is 0 Å². The molecule has 0 aromatic carbocycles. The van der Waals surface area contributed by atoms with Crippen LogP contribution in [-0.4, -0.2) is 91.4 Å². The molecule has 2 fully saturated rings. The number of ether oxygens (including phenoxy) is 1. The summed E-state index contributed by atoms with van der Waals surface area (Å²) >= 11 is 1.53. The van der Waals surface area contributed by atoms with Gasteiger partial charge in [-0.3, -0.25) is 19.4 Å². The van der Waals surface area contributed by atoms with Crippen molar-refractivity contribution >= 4 is 34.1 Å². The smallest absolute Gasteiger partial charge is 0.341 e. The van der Waals surface area contributed by atoms with E-state index in [9.17, 15) is 14.4 Å². The van der Waals surface area contributed by atoms with Crippen molar-refractivity contribution in [3.8, 4) is 0 Å². The predicted octanol–water partition coefficient (Wildman–Crippen LogP) is 2.23. The summed E-state index contributed by atoms with van der Waals surface area (Å²) in [6, 6.07) is 0. The third kappa shape index (κ3) is 5.94. The number of hydrogen-bond donors (Lipinski definition) is 1. The molecule has 0 saturated carbocycles. The van der Waals surface area contributed by atoms with Crippen LogP contribution in [0.5, 0.6) is 0 Å². The maximum Gasteiger partial charge on any atom is 0.341 e. The summed E-state index contributed by atoms with van der Waals surface area (Å²) < 4.78 is 5.30. The van der Waals surface area contributed by atoms with Crippen molar-refractivity contribution in [3.05, 3.63) is 16.0 Å². The van der Waals surface area contributed by atoms with Crippen LogP contribution in [0.4, 0.5) is 5.00 Å². The lowest BCUT2D eigenvalue weighted by atomic mass is 9.88. The van der Waals surface area contributed by atoms with Crippen molar-refractivity contribution in [1.29, 1.82) is 0 Å². The van der Waals surface area contributed by atoms with Gasteiger partial charge in [0, 0.05) is 44.1 Å². The lowest BCUT2D eigenvalue weighted by Crippen LogP contribution is -2.51. The molecule has 9 heteroatoms. The van der Waals surface area contributed by atoms with Gasteiger partial charge in [-0.1, -0.05) is 6.92 Å². The summed E-state index contributed by atoms with van der Waals surface area (Å²) in [5, 5.41) is 3.64. The molecule has 1 N–H and O–H groups in total. The van der Waals surface area contributed by atoms with E-state index in [0.717, 1.165) is 76.9 Å². The third-order valence-electron chi connectivity index (χ3n) is 6.89. The number of esters is 1. The minimum Gasteiger partial charge on any atom is -0.462 e. The maximum atomic E-state index is 12.9. The van der Waals surface area contributed by atoms with Gasteiger partial charge in [-0.05, 0) is 50.5 Å². The molecule has 1 unspecified atom stereocenters. The topological polar surface area (TPSA) is 82.2 Å². The van der Waals surface area contributed by atoms with Crippen LogP contribution in [0.3, 0.4) is 0 Å². The fraction of sp³-hybridized carbons (Fsp3) is 0.708. The van der Waals surface area contributed by atoms with Crippen molar-refractivity contribution in [2.45, 2.75) is 46.0 Å². The highest BCUT2D eigenvalue weighted by molar-refractivity contribution is 7.17. The summed E-state index contributed by atoms with van der Waals surface area (Å²) in [7, 11) is 0. The standard InChI is InChI=1S/C24H36N4O4S/c1-3-32-24(31)22-18-7-6-17(2)14-19(18)33-23(22)25-20(29)15-26-10-12-27(13-11-26)16-21(30)28-8-4-5-9-28/h17H,3-16H2,1-2H3,(H,25,29). The van der Waals surface area contributed by atoms with E-state index in [-0.39, 0.29) is 24.3 Å². The van der Waals surface area contributed by atoms with E-state index in [1.807, 2.05) is 4.90 Å². The molecule has 3 aliphatic rings. The number of hydrogen-bond acceptors (Lipinski definition) is 7. The molecule has 2 amide bonds. The van der Waals surface area contributed by atoms with E-state index in [1.54, 1.807) is 6.92 Å². The minimum absolute atomic E-state index is 0.103.